The van der Waals surface area contributed by atoms with Crippen LogP contribution >= 0.6 is 48.8 Å². The smallest absolute Gasteiger partial charge is 0.143 e. The summed E-state index contributed by atoms with van der Waals surface area (Å²) in [4.78, 5) is 0. The Morgan fingerprint density at radius 2 is 2.14 bits per heavy atom. The van der Waals surface area contributed by atoms with Crippen LogP contribution in [0.2, 0.25) is 5.02 Å². The molecule has 0 N–H and O–H groups in total. The van der Waals surface area contributed by atoms with Crippen LogP contribution in [0.4, 0.5) is 4.39 Å². The van der Waals surface area contributed by atoms with Crippen molar-refractivity contribution in [3.05, 3.63) is 33.0 Å². The van der Waals surface area contributed by atoms with Gasteiger partial charge in [0.2, 0.25) is 0 Å². The monoisotopic (exact) mass is 486 g/mol. The van der Waals surface area contributed by atoms with Gasteiger partial charge < -0.3 is 4.74 Å². The van der Waals surface area contributed by atoms with Crippen molar-refractivity contribution >= 4 is 60.2 Å². The number of benzene rings is 1. The molecule has 0 bridgehead atoms. The number of ether oxygens (including phenoxy) is 1. The predicted octanol–water partition coefficient (Wildman–Crippen LogP) is 6.26. The minimum Gasteiger partial charge on any atom is -0.489 e. The maximum Gasteiger partial charge on any atom is 0.143 e. The Hall–Kier alpha value is -0.340. The number of rotatable bonds is 4. The fourth-order valence-electron chi connectivity index (χ4n) is 1.75. The third-order valence-corrected chi connectivity index (χ3v) is 5.32. The van der Waals surface area contributed by atoms with E-state index in [9.17, 15) is 4.39 Å². The molecular weight excluding hydrogens is 473 g/mol. The van der Waals surface area contributed by atoms with Gasteiger partial charge in [-0.05, 0) is 48.3 Å². The van der Waals surface area contributed by atoms with Crippen LogP contribution in [0.25, 0.3) is 5.70 Å². The molecule has 0 saturated heterocycles. The van der Waals surface area contributed by atoms with Crippen LogP contribution in [0.15, 0.2) is 23.0 Å². The molecule has 3 nitrogen and oxygen atoms in total. The van der Waals surface area contributed by atoms with Gasteiger partial charge in [-0.3, -0.25) is 0 Å². The van der Waals surface area contributed by atoms with Gasteiger partial charge in [-0.2, -0.15) is 0 Å². The summed E-state index contributed by atoms with van der Waals surface area (Å²) in [5, 5.41) is 0.261. The van der Waals surface area contributed by atoms with E-state index in [0.717, 1.165) is 16.6 Å². The molecule has 0 aromatic heterocycles. The topological polar surface area (TPSA) is 34.0 Å². The van der Waals surface area contributed by atoms with Gasteiger partial charge in [0, 0.05) is 5.56 Å². The van der Waals surface area contributed by atoms with Gasteiger partial charge in [-0.1, -0.05) is 18.5 Å². The van der Waals surface area contributed by atoms with E-state index in [0.29, 0.717) is 17.0 Å². The van der Waals surface area contributed by atoms with Crippen molar-refractivity contribution in [2.75, 3.05) is 0 Å². The molecule has 0 amide bonds. The lowest BCUT2D eigenvalue weighted by Gasteiger charge is -2.15. The minimum absolute atomic E-state index is 0.0401. The van der Waals surface area contributed by atoms with Gasteiger partial charge in [0.05, 0.1) is 27.0 Å². The summed E-state index contributed by atoms with van der Waals surface area (Å²) in [6.07, 6.45) is 0.742. The third-order valence-electron chi connectivity index (χ3n) is 2.70. The molecule has 1 heterocycles. The minimum atomic E-state index is -0.688. The van der Waals surface area contributed by atoms with Crippen LogP contribution in [0.5, 0.6) is 5.75 Å². The van der Waals surface area contributed by atoms with Crippen LogP contribution in [0.3, 0.4) is 0 Å². The van der Waals surface area contributed by atoms with Crippen LogP contribution in [0.1, 0.15) is 32.8 Å². The average Bonchev–Trinajstić information content (AvgIpc) is 2.42. The van der Waals surface area contributed by atoms with Gasteiger partial charge in [-0.25, -0.2) is 10.7 Å². The number of nitrogens with zero attached hydrogens (tertiary/aromatic N) is 2. The molecule has 0 spiro atoms. The van der Waals surface area contributed by atoms with Crippen molar-refractivity contribution in [2.45, 2.75) is 33.3 Å². The van der Waals surface area contributed by atoms with E-state index in [-0.39, 0.29) is 11.1 Å². The predicted molar refractivity (Wildman–Crippen MR) is 97.2 cm³/mol. The Bertz CT molecular complexity index is 659. The van der Waals surface area contributed by atoms with Crippen molar-refractivity contribution in [3.63, 3.8) is 0 Å². The molecule has 0 fully saturated rings. The lowest BCUT2D eigenvalue weighted by atomic mass is 10.1. The second-order valence-electron chi connectivity index (χ2n) is 4.64. The summed E-state index contributed by atoms with van der Waals surface area (Å²) in [6.45, 7) is 5.80. The first kappa shape index (κ1) is 17.0. The van der Waals surface area contributed by atoms with E-state index in [2.05, 4.69) is 22.3 Å². The Labute approximate surface area is 147 Å². The van der Waals surface area contributed by atoms with Gasteiger partial charge in [0.25, 0.3) is 0 Å². The zero-order valence-electron chi connectivity index (χ0n) is 11.8. The van der Waals surface area contributed by atoms with E-state index in [1.807, 2.05) is 20.8 Å². The van der Waals surface area contributed by atoms with Gasteiger partial charge in [0.1, 0.15) is 32.9 Å². The Morgan fingerprint density at radius 3 is 2.76 bits per heavy atom. The normalized spacial score (nSPS) is 15.1. The average molecular weight is 488 g/mol. The molecule has 1 aromatic rings. The van der Waals surface area contributed by atoms with E-state index >= 15 is 0 Å². The molecule has 0 atom stereocenters. The van der Waals surface area contributed by atoms with Gasteiger partial charge >= 0.3 is 0 Å². The lowest BCUT2D eigenvalue weighted by molar-refractivity contribution is 0.242. The molecule has 1 aliphatic heterocycles. The highest BCUT2D eigenvalue weighted by atomic mass is 127. The third kappa shape index (κ3) is 3.90. The summed E-state index contributed by atoms with van der Waals surface area (Å²) in [5.74, 6) is 0.0537. The molecule has 21 heavy (non-hydrogen) atoms. The highest BCUT2D eigenvalue weighted by Crippen LogP contribution is 2.38. The van der Waals surface area contributed by atoms with Crippen LogP contribution < -0.4 is 4.74 Å². The van der Waals surface area contributed by atoms with Gasteiger partial charge in [-0.15, -0.1) is 0 Å². The van der Waals surface area contributed by atoms with Crippen molar-refractivity contribution in [2.24, 2.45) is 6.35 Å². The quantitative estimate of drug-likeness (QED) is 0.462. The summed E-state index contributed by atoms with van der Waals surface area (Å²) < 4.78 is 29.4. The number of hydrogen-bond acceptors (Lipinski definition) is 3. The second-order valence-corrected chi connectivity index (χ2v) is 7.23. The van der Waals surface area contributed by atoms with Crippen molar-refractivity contribution < 1.29 is 9.13 Å². The highest BCUT2D eigenvalue weighted by molar-refractivity contribution is 14.1. The Morgan fingerprint density at radius 1 is 1.43 bits per heavy atom. The molecule has 2 rings (SSSR count). The van der Waals surface area contributed by atoms with Crippen LogP contribution in [-0.4, -0.2) is 11.8 Å². The second kappa shape index (κ2) is 7.28. The Balaban J connectivity index is 2.54. The standard InChI is InChI=1S/C14H14BrClFIN2O/c1-4-11-13(15)14(20-18-19-11)8-5-12(21-7(2)3)9(16)6-10(8)17/h5-7H,4H2,1-3H3. The van der Waals surface area contributed by atoms with Crippen LogP contribution in [0, 0.1) is 5.82 Å². The fraction of sp³-hybridized carbons (Fsp3) is 0.357. The van der Waals surface area contributed by atoms with Crippen molar-refractivity contribution in [1.29, 1.82) is 0 Å². The summed E-state index contributed by atoms with van der Waals surface area (Å²) in [6, 6.07) is 2.88. The molecule has 0 radical (unpaired) electrons. The largest absolute Gasteiger partial charge is 0.489 e. The number of hydrogen-bond donors (Lipinski definition) is 0. The maximum atomic E-state index is 14.3. The van der Waals surface area contributed by atoms with E-state index in [4.69, 9.17) is 16.3 Å². The molecule has 1 aliphatic rings. The summed E-state index contributed by atoms with van der Waals surface area (Å²) >= 11 is 8.83. The number of halogens is 4. The van der Waals surface area contributed by atoms with Gasteiger partial charge in [0.15, 0.2) is 0 Å². The Kier molecular flexibility index (Phi) is 5.90. The first-order valence-corrected chi connectivity index (χ1v) is 9.51. The zero-order chi connectivity index (χ0) is 15.6. The van der Waals surface area contributed by atoms with Crippen molar-refractivity contribution in [1.82, 2.24) is 0 Å². The fourth-order valence-corrected chi connectivity index (χ4v) is 4.94. The molecule has 0 saturated carbocycles. The lowest BCUT2D eigenvalue weighted by Crippen LogP contribution is -2.07. The highest BCUT2D eigenvalue weighted by Gasteiger charge is 2.20. The molecule has 114 valence electrons. The molecule has 1 aromatic carbocycles. The first-order valence-electron chi connectivity index (χ1n) is 6.41. The molecule has 0 aliphatic carbocycles. The SMILES string of the molecule is CCC1=NI=NC(c2cc(OC(C)C)c(Cl)cc2F)=C1Br. The first-order chi connectivity index (χ1) is 9.93. The van der Waals surface area contributed by atoms with E-state index < -0.39 is 27.1 Å². The molecular formula is C14H14BrClFIN2O. The summed E-state index contributed by atoms with van der Waals surface area (Å²) in [7, 11) is 0. The zero-order valence-corrected chi connectivity index (χ0v) is 16.3. The summed E-state index contributed by atoms with van der Waals surface area (Å²) in [5.41, 5.74) is 1.91. The van der Waals surface area contributed by atoms with E-state index in [1.54, 1.807) is 6.07 Å². The van der Waals surface area contributed by atoms with Crippen molar-refractivity contribution in [3.8, 4) is 5.75 Å². The molecule has 7 heteroatoms. The molecule has 0 unspecified atom stereocenters. The maximum absolute atomic E-state index is 14.3. The van der Waals surface area contributed by atoms with Crippen LogP contribution in [-0.2, 0) is 0 Å². The van der Waals surface area contributed by atoms with E-state index in [1.165, 1.54) is 6.07 Å². The number of allylic oxidation sites excluding steroid dienone is 1.